The fourth-order valence-corrected chi connectivity index (χ4v) is 4.79. The zero-order chi connectivity index (χ0) is 27.2. The number of aliphatic hydroxyl groups is 1. The molecule has 2 unspecified atom stereocenters. The van der Waals surface area contributed by atoms with E-state index in [4.69, 9.17) is 4.74 Å². The van der Waals surface area contributed by atoms with Crippen molar-refractivity contribution in [2.24, 2.45) is 0 Å². The molecule has 1 aliphatic rings. The maximum atomic E-state index is 14.5. The number of aromatic nitrogens is 4. The van der Waals surface area contributed by atoms with Crippen molar-refractivity contribution >= 4 is 34.4 Å². The van der Waals surface area contributed by atoms with E-state index in [-0.39, 0.29) is 29.4 Å². The molecule has 1 aromatic carbocycles. The number of hydrogen-bond acceptors (Lipinski definition) is 7. The first-order chi connectivity index (χ1) is 18.0. The smallest absolute Gasteiger partial charge is 0.410 e. The Kier molecular flexibility index (Phi) is 6.47. The van der Waals surface area contributed by atoms with Gasteiger partial charge in [-0.1, -0.05) is 6.07 Å². The number of β-amino-alcohol motifs (C(OH)–C–C–N with tert-alkyl or cyclic N) is 1. The van der Waals surface area contributed by atoms with Crippen LogP contribution < -0.4 is 5.32 Å². The number of amides is 2. The fourth-order valence-electron chi connectivity index (χ4n) is 4.79. The zero-order valence-corrected chi connectivity index (χ0v) is 21.6. The predicted octanol–water partition coefficient (Wildman–Crippen LogP) is 4.06. The molecule has 38 heavy (non-hydrogen) atoms. The summed E-state index contributed by atoms with van der Waals surface area (Å²) in [6, 6.07) is 4.60. The van der Waals surface area contributed by atoms with Crippen LogP contribution in [0.4, 0.5) is 14.9 Å². The van der Waals surface area contributed by atoms with E-state index in [1.165, 1.54) is 27.8 Å². The maximum Gasteiger partial charge on any atom is 0.410 e. The number of fused-ring (bicyclic) bond motifs is 2. The molecule has 0 bridgehead atoms. The SMILES string of the molecule is Cc1cn2cc(NC(=O)c3ccc(C4CCN(C(=O)OC(C)(C)C)CC4O)c4nccnc34)cc(F)c2n1. The molecule has 2 N–H and O–H groups in total. The van der Waals surface area contributed by atoms with Crippen LogP contribution in [0.25, 0.3) is 16.7 Å². The molecule has 1 aliphatic heterocycles. The number of pyridine rings is 1. The summed E-state index contributed by atoms with van der Waals surface area (Å²) < 4.78 is 21.5. The van der Waals surface area contributed by atoms with Gasteiger partial charge in [0.2, 0.25) is 0 Å². The number of likely N-dealkylation sites (tertiary alicyclic amines) is 1. The van der Waals surface area contributed by atoms with Crippen LogP contribution in [0.3, 0.4) is 0 Å². The second kappa shape index (κ2) is 9.64. The zero-order valence-electron chi connectivity index (χ0n) is 21.6. The summed E-state index contributed by atoms with van der Waals surface area (Å²) >= 11 is 0. The van der Waals surface area contributed by atoms with Gasteiger partial charge in [-0.25, -0.2) is 14.2 Å². The number of aryl methyl sites for hydroxylation is 1. The van der Waals surface area contributed by atoms with Gasteiger partial charge in [0.25, 0.3) is 5.91 Å². The highest BCUT2D eigenvalue weighted by molar-refractivity contribution is 6.11. The second-order valence-corrected chi connectivity index (χ2v) is 10.5. The highest BCUT2D eigenvalue weighted by atomic mass is 19.1. The van der Waals surface area contributed by atoms with Crippen LogP contribution >= 0.6 is 0 Å². The lowest BCUT2D eigenvalue weighted by atomic mass is 9.85. The largest absolute Gasteiger partial charge is 0.444 e. The molecule has 3 aromatic heterocycles. The quantitative estimate of drug-likeness (QED) is 0.418. The lowest BCUT2D eigenvalue weighted by Gasteiger charge is -2.37. The van der Waals surface area contributed by atoms with Gasteiger partial charge in [-0.15, -0.1) is 0 Å². The molecule has 0 spiro atoms. The van der Waals surface area contributed by atoms with Gasteiger partial charge >= 0.3 is 6.09 Å². The highest BCUT2D eigenvalue weighted by Gasteiger charge is 2.34. The first-order valence-corrected chi connectivity index (χ1v) is 12.4. The number of hydrogen-bond donors (Lipinski definition) is 2. The van der Waals surface area contributed by atoms with E-state index < -0.39 is 29.5 Å². The fraction of sp³-hybridized carbons (Fsp3) is 0.370. The summed E-state index contributed by atoms with van der Waals surface area (Å²) in [6.07, 6.45) is 5.45. The normalized spacial score (nSPS) is 18.1. The molecule has 2 amide bonds. The number of ether oxygens (including phenoxy) is 1. The topological polar surface area (TPSA) is 122 Å². The minimum absolute atomic E-state index is 0.116. The van der Waals surface area contributed by atoms with Crippen LogP contribution in [-0.2, 0) is 4.74 Å². The van der Waals surface area contributed by atoms with Gasteiger partial charge in [0.05, 0.1) is 35.1 Å². The standard InChI is InChI=1S/C27H29FN6O4/c1-15-12-34-13-16(11-20(28)24(34)31-15)32-25(36)19-6-5-18(22-23(19)30-9-8-29-22)17-7-10-33(14-21(17)35)26(37)38-27(2,3)4/h5-6,8-9,11-13,17,21,35H,7,10,14H2,1-4H3,(H,32,36). The molecule has 5 rings (SSSR count). The number of nitrogens with zero attached hydrogens (tertiary/aromatic N) is 5. The minimum Gasteiger partial charge on any atom is -0.444 e. The van der Waals surface area contributed by atoms with Gasteiger partial charge in [-0.2, -0.15) is 0 Å². The number of carbonyl (C=O) groups excluding carboxylic acids is 2. The Balaban J connectivity index is 1.40. The lowest BCUT2D eigenvalue weighted by Crippen LogP contribution is -2.47. The molecule has 0 aliphatic carbocycles. The third-order valence-electron chi connectivity index (χ3n) is 6.42. The summed E-state index contributed by atoms with van der Waals surface area (Å²) in [4.78, 5) is 40.2. The Morgan fingerprint density at radius 1 is 1.16 bits per heavy atom. The Labute approximate surface area is 218 Å². The number of anilines is 1. The first kappa shape index (κ1) is 25.5. The molecule has 11 heteroatoms. The van der Waals surface area contributed by atoms with Crippen molar-refractivity contribution in [3.63, 3.8) is 0 Å². The average molecular weight is 521 g/mol. The van der Waals surface area contributed by atoms with E-state index in [1.54, 1.807) is 52.2 Å². The van der Waals surface area contributed by atoms with Crippen molar-refractivity contribution in [1.29, 1.82) is 0 Å². The van der Waals surface area contributed by atoms with Crippen molar-refractivity contribution in [1.82, 2.24) is 24.3 Å². The maximum absolute atomic E-state index is 14.5. The summed E-state index contributed by atoms with van der Waals surface area (Å²) in [5, 5.41) is 13.7. The van der Waals surface area contributed by atoms with E-state index in [9.17, 15) is 19.1 Å². The minimum atomic E-state index is -0.852. The van der Waals surface area contributed by atoms with Crippen molar-refractivity contribution in [3.05, 3.63) is 65.6 Å². The van der Waals surface area contributed by atoms with E-state index in [0.717, 1.165) is 5.56 Å². The molecule has 1 fully saturated rings. The lowest BCUT2D eigenvalue weighted by molar-refractivity contribution is -0.00140. The number of aliphatic hydroxyl groups excluding tert-OH is 1. The second-order valence-electron chi connectivity index (χ2n) is 10.5. The molecule has 0 saturated carbocycles. The van der Waals surface area contributed by atoms with Gasteiger partial charge in [-0.05, 0) is 45.7 Å². The van der Waals surface area contributed by atoms with Gasteiger partial charge < -0.3 is 24.5 Å². The summed E-state index contributed by atoms with van der Waals surface area (Å²) in [5.41, 5.74) is 2.33. The molecule has 2 atom stereocenters. The van der Waals surface area contributed by atoms with Crippen molar-refractivity contribution < 1.29 is 23.8 Å². The average Bonchev–Trinajstić information content (AvgIpc) is 3.23. The number of benzene rings is 1. The molecular formula is C27H29FN6O4. The van der Waals surface area contributed by atoms with E-state index in [0.29, 0.717) is 29.7 Å². The van der Waals surface area contributed by atoms with Gasteiger partial charge in [-0.3, -0.25) is 14.8 Å². The van der Waals surface area contributed by atoms with Crippen molar-refractivity contribution in [3.8, 4) is 0 Å². The molecule has 0 radical (unpaired) electrons. The Morgan fingerprint density at radius 2 is 1.89 bits per heavy atom. The molecule has 1 saturated heterocycles. The van der Waals surface area contributed by atoms with E-state index in [1.807, 2.05) is 0 Å². The van der Waals surface area contributed by atoms with Crippen LogP contribution in [0.5, 0.6) is 0 Å². The van der Waals surface area contributed by atoms with Gasteiger partial charge in [0.15, 0.2) is 11.5 Å². The predicted molar refractivity (Wildman–Crippen MR) is 139 cm³/mol. The molecule has 4 aromatic rings. The number of imidazole rings is 1. The number of halogens is 1. The third-order valence-corrected chi connectivity index (χ3v) is 6.42. The van der Waals surface area contributed by atoms with Crippen LogP contribution in [0.15, 0.2) is 43.0 Å². The summed E-state index contributed by atoms with van der Waals surface area (Å²) in [5.74, 6) is -1.34. The van der Waals surface area contributed by atoms with Crippen LogP contribution in [0, 0.1) is 12.7 Å². The van der Waals surface area contributed by atoms with E-state index >= 15 is 0 Å². The van der Waals surface area contributed by atoms with Crippen molar-refractivity contribution in [2.45, 2.75) is 51.7 Å². The third kappa shape index (κ3) is 5.01. The van der Waals surface area contributed by atoms with Crippen molar-refractivity contribution in [2.75, 3.05) is 18.4 Å². The molecular weight excluding hydrogens is 491 g/mol. The van der Waals surface area contributed by atoms with Crippen LogP contribution in [0.2, 0.25) is 0 Å². The van der Waals surface area contributed by atoms with Crippen LogP contribution in [-0.4, -0.2) is 66.2 Å². The summed E-state index contributed by atoms with van der Waals surface area (Å²) in [6.45, 7) is 7.67. The number of nitrogens with one attached hydrogen (secondary N) is 1. The van der Waals surface area contributed by atoms with Crippen LogP contribution in [0.1, 0.15) is 54.7 Å². The molecule has 10 nitrogen and oxygen atoms in total. The Bertz CT molecular complexity index is 1550. The molecule has 198 valence electrons. The van der Waals surface area contributed by atoms with Gasteiger partial charge in [0.1, 0.15) is 11.1 Å². The Morgan fingerprint density at radius 3 is 2.61 bits per heavy atom. The molecule has 4 heterocycles. The summed E-state index contributed by atoms with van der Waals surface area (Å²) in [7, 11) is 0. The first-order valence-electron chi connectivity index (χ1n) is 12.4. The highest BCUT2D eigenvalue weighted by Crippen LogP contribution is 2.34. The monoisotopic (exact) mass is 520 g/mol. The van der Waals surface area contributed by atoms with Gasteiger partial charge in [0, 0.05) is 43.3 Å². The number of rotatable bonds is 3. The van der Waals surface area contributed by atoms with E-state index in [2.05, 4.69) is 20.3 Å². The number of carbonyl (C=O) groups is 2. The Hall–Kier alpha value is -4.12. The number of piperidine rings is 1.